The Labute approximate surface area is 173 Å². The van der Waals surface area contributed by atoms with Crippen LogP contribution in [-0.4, -0.2) is 5.11 Å². The van der Waals surface area contributed by atoms with Crippen LogP contribution >= 0.6 is 0 Å². The first-order valence-corrected chi connectivity index (χ1v) is 7.18. The zero-order chi connectivity index (χ0) is 15.4. The summed E-state index contributed by atoms with van der Waals surface area (Å²) in [7, 11) is 0. The maximum atomic E-state index is 10.3. The predicted molar refractivity (Wildman–Crippen MR) is 87.1 cm³/mol. The van der Waals surface area contributed by atoms with E-state index in [1.165, 1.54) is 0 Å². The van der Waals surface area contributed by atoms with E-state index in [9.17, 15) is 5.11 Å². The number of benzene rings is 1. The minimum atomic E-state index is -0.00859. The molecule has 0 aliphatic heterocycles. The second kappa shape index (κ2) is 11.5. The van der Waals surface area contributed by atoms with Gasteiger partial charge in [0.15, 0.2) is 0 Å². The van der Waals surface area contributed by atoms with E-state index in [2.05, 4.69) is 53.7 Å². The van der Waals surface area contributed by atoms with Gasteiger partial charge in [0.05, 0.1) is 0 Å². The number of rotatable bonds is 0. The van der Waals surface area contributed by atoms with E-state index in [1.807, 2.05) is 30.4 Å². The average Bonchev–Trinajstić information content (AvgIpc) is 2.84. The normalized spacial score (nSPS) is 12.3. The second-order valence-electron chi connectivity index (χ2n) is 7.20. The Balaban J connectivity index is -0.000000431. The minimum Gasteiger partial charge on any atom is -1.00 e. The Kier molecular flexibility index (Phi) is 13.9. The number of phenolic OH excluding ortho intramolecular Hbond substituents is 1. The molecular weight excluding hydrogens is 406 g/mol. The zero-order valence-corrected chi connectivity index (χ0v) is 18.8. The van der Waals surface area contributed by atoms with Crippen LogP contribution in [0.15, 0.2) is 36.4 Å². The third kappa shape index (κ3) is 9.13. The van der Waals surface area contributed by atoms with E-state index in [1.54, 1.807) is 0 Å². The van der Waals surface area contributed by atoms with Crippen LogP contribution in [0.25, 0.3) is 0 Å². The number of phenols is 1. The summed E-state index contributed by atoms with van der Waals surface area (Å²) in [6.45, 7) is 12.7. The number of para-hydroxylation sites is 1. The fourth-order valence-electron chi connectivity index (χ4n) is 2.09. The third-order valence-corrected chi connectivity index (χ3v) is 3.24. The Morgan fingerprint density at radius 1 is 0.913 bits per heavy atom. The minimum absolute atomic E-state index is 0. The van der Waals surface area contributed by atoms with Crippen molar-refractivity contribution >= 4 is 0 Å². The van der Waals surface area contributed by atoms with Crippen LogP contribution in [0.1, 0.15) is 59.1 Å². The smallest absolute Gasteiger partial charge is 1.00 e. The quantitative estimate of drug-likeness (QED) is 0.537. The molecule has 0 saturated carbocycles. The molecule has 1 aromatic carbocycles. The number of halogens is 2. The van der Waals surface area contributed by atoms with Gasteiger partial charge in [0.2, 0.25) is 0 Å². The molecule has 0 atom stereocenters. The first kappa shape index (κ1) is 27.8. The number of hydrogen-bond donors (Lipinski definition) is 1. The SMILES string of the molecule is CC(C)(C)c1cccc(C(C)(C)C)c1O.[C-]1=CC=CC1.[Cl-].[Cl-].[Zr+3]. The summed E-state index contributed by atoms with van der Waals surface area (Å²) in [4.78, 5) is 0. The molecule has 1 nitrogen and oxygen atoms in total. The molecule has 127 valence electrons. The first-order valence-electron chi connectivity index (χ1n) is 7.18. The van der Waals surface area contributed by atoms with Crippen molar-refractivity contribution in [2.75, 3.05) is 0 Å². The van der Waals surface area contributed by atoms with Crippen LogP contribution in [0.3, 0.4) is 0 Å². The van der Waals surface area contributed by atoms with E-state index >= 15 is 0 Å². The van der Waals surface area contributed by atoms with Crippen molar-refractivity contribution in [3.8, 4) is 5.75 Å². The van der Waals surface area contributed by atoms with E-state index in [-0.39, 0.29) is 61.8 Å². The average molecular weight is 434 g/mol. The van der Waals surface area contributed by atoms with E-state index < -0.39 is 0 Å². The maximum absolute atomic E-state index is 10.3. The molecule has 0 spiro atoms. The Morgan fingerprint density at radius 2 is 1.35 bits per heavy atom. The molecule has 1 N–H and O–H groups in total. The van der Waals surface area contributed by atoms with E-state index in [0.717, 1.165) is 17.5 Å². The van der Waals surface area contributed by atoms with Gasteiger partial charge in [0.25, 0.3) is 0 Å². The molecule has 4 heteroatoms. The molecule has 1 aromatic rings. The van der Waals surface area contributed by atoms with Crippen molar-refractivity contribution in [1.82, 2.24) is 0 Å². The standard InChI is InChI=1S/C14H22O.C5H5.2ClH.Zr/c1-13(2,3)10-8-7-9-11(12(10)15)14(4,5)6;1-2-4-5-3-1;;;/h7-9,15H,1-6H3;1-3H,4H2;2*1H;/q;-1;;;+3/p-2. The fourth-order valence-corrected chi connectivity index (χ4v) is 2.09. The van der Waals surface area contributed by atoms with Gasteiger partial charge < -0.3 is 29.9 Å². The summed E-state index contributed by atoms with van der Waals surface area (Å²) in [6.07, 6.45) is 10.0. The van der Waals surface area contributed by atoms with Gasteiger partial charge in [0, 0.05) is 0 Å². The second-order valence-corrected chi connectivity index (χ2v) is 7.20. The fraction of sp³-hybridized carbons (Fsp3) is 0.474. The van der Waals surface area contributed by atoms with Crippen LogP contribution in [0.2, 0.25) is 0 Å². The molecule has 0 saturated heterocycles. The van der Waals surface area contributed by atoms with E-state index in [0.29, 0.717) is 5.75 Å². The molecule has 1 aliphatic rings. The van der Waals surface area contributed by atoms with Gasteiger partial charge >= 0.3 is 26.2 Å². The topological polar surface area (TPSA) is 20.2 Å². The van der Waals surface area contributed by atoms with Crippen LogP contribution in [0.5, 0.6) is 5.75 Å². The number of allylic oxidation sites excluding steroid dienone is 4. The summed E-state index contributed by atoms with van der Waals surface area (Å²) in [5.74, 6) is 0.456. The zero-order valence-electron chi connectivity index (χ0n) is 14.9. The van der Waals surface area contributed by atoms with Gasteiger partial charge in [-0.15, -0.1) is 6.42 Å². The molecule has 0 fully saturated rings. The molecule has 23 heavy (non-hydrogen) atoms. The van der Waals surface area contributed by atoms with Crippen molar-refractivity contribution in [3.63, 3.8) is 0 Å². The van der Waals surface area contributed by atoms with Gasteiger partial charge in [-0.05, 0) is 22.0 Å². The largest absolute Gasteiger partial charge is 3.00 e. The Morgan fingerprint density at radius 3 is 1.57 bits per heavy atom. The third-order valence-electron chi connectivity index (χ3n) is 3.24. The molecule has 1 radical (unpaired) electrons. The summed E-state index contributed by atoms with van der Waals surface area (Å²) >= 11 is 0. The van der Waals surface area contributed by atoms with Gasteiger partial charge in [-0.2, -0.15) is 6.08 Å². The summed E-state index contributed by atoms with van der Waals surface area (Å²) < 4.78 is 0. The van der Waals surface area contributed by atoms with Crippen molar-refractivity contribution in [1.29, 1.82) is 0 Å². The molecule has 2 rings (SSSR count). The monoisotopic (exact) mass is 431 g/mol. The van der Waals surface area contributed by atoms with E-state index in [4.69, 9.17) is 0 Å². The van der Waals surface area contributed by atoms with Crippen molar-refractivity contribution < 1.29 is 56.1 Å². The van der Waals surface area contributed by atoms with Crippen LogP contribution in [0, 0.1) is 6.08 Å². The number of aromatic hydroxyl groups is 1. The van der Waals surface area contributed by atoms with Crippen LogP contribution < -0.4 is 24.8 Å². The molecular formula is C19H27Cl2OZr. The van der Waals surface area contributed by atoms with Crippen LogP contribution in [-0.2, 0) is 37.0 Å². The van der Waals surface area contributed by atoms with Crippen molar-refractivity contribution in [2.45, 2.75) is 58.8 Å². The summed E-state index contributed by atoms with van der Waals surface area (Å²) in [5.41, 5.74) is 2.03. The maximum Gasteiger partial charge on any atom is 3.00 e. The van der Waals surface area contributed by atoms with Gasteiger partial charge in [-0.25, -0.2) is 12.2 Å². The summed E-state index contributed by atoms with van der Waals surface area (Å²) in [6, 6.07) is 6.04. The molecule has 0 heterocycles. The molecule has 0 bridgehead atoms. The summed E-state index contributed by atoms with van der Waals surface area (Å²) in [5, 5.41) is 10.3. The molecule has 0 unspecified atom stereocenters. The molecule has 1 aliphatic carbocycles. The Hall–Kier alpha value is -0.0369. The van der Waals surface area contributed by atoms with Gasteiger partial charge in [-0.3, -0.25) is 6.08 Å². The predicted octanol–water partition coefficient (Wildman–Crippen LogP) is -0.702. The van der Waals surface area contributed by atoms with Gasteiger partial charge in [-0.1, -0.05) is 59.7 Å². The van der Waals surface area contributed by atoms with Gasteiger partial charge in [0.1, 0.15) is 5.75 Å². The molecule has 0 amide bonds. The Bertz CT molecular complexity index is 467. The first-order chi connectivity index (χ1) is 9.14. The van der Waals surface area contributed by atoms with Crippen LogP contribution in [0.4, 0.5) is 0 Å². The van der Waals surface area contributed by atoms with Crippen molar-refractivity contribution in [3.05, 3.63) is 53.6 Å². The number of hydrogen-bond acceptors (Lipinski definition) is 1. The molecule has 0 aromatic heterocycles. The van der Waals surface area contributed by atoms with Crippen molar-refractivity contribution in [2.24, 2.45) is 0 Å².